The second kappa shape index (κ2) is 10.1. The van der Waals surface area contributed by atoms with Gasteiger partial charge in [0.2, 0.25) is 0 Å². The molecule has 0 bridgehead atoms. The lowest BCUT2D eigenvalue weighted by Crippen LogP contribution is -2.28. The Kier molecular flexibility index (Phi) is 6.79. The van der Waals surface area contributed by atoms with E-state index >= 15 is 0 Å². The molecule has 172 valence electrons. The maximum Gasteiger partial charge on any atom is 0.327 e. The van der Waals surface area contributed by atoms with Gasteiger partial charge in [0.15, 0.2) is 5.82 Å². The molecule has 0 aliphatic rings. The third-order valence-electron chi connectivity index (χ3n) is 5.04. The van der Waals surface area contributed by atoms with E-state index in [0.717, 1.165) is 11.1 Å². The number of tetrazole rings is 1. The smallest absolute Gasteiger partial charge is 0.327 e. The van der Waals surface area contributed by atoms with Gasteiger partial charge in [-0.2, -0.15) is 0 Å². The number of carbonyl (C=O) groups excluding carboxylic acids is 1. The van der Waals surface area contributed by atoms with Gasteiger partial charge >= 0.3 is 5.97 Å². The van der Waals surface area contributed by atoms with Gasteiger partial charge in [-0.1, -0.05) is 0 Å². The van der Waals surface area contributed by atoms with E-state index in [9.17, 15) is 9.59 Å². The van der Waals surface area contributed by atoms with Crippen molar-refractivity contribution in [3.05, 3.63) is 70.2 Å². The van der Waals surface area contributed by atoms with E-state index in [1.54, 1.807) is 32.4 Å². The number of nitrogens with zero attached hydrogens (tertiary/aromatic N) is 5. The van der Waals surface area contributed by atoms with Gasteiger partial charge in [0.1, 0.15) is 18.1 Å². The van der Waals surface area contributed by atoms with Crippen molar-refractivity contribution in [2.45, 2.75) is 33.1 Å². The van der Waals surface area contributed by atoms with Crippen LogP contribution in [0, 0.1) is 0 Å². The van der Waals surface area contributed by atoms with Crippen molar-refractivity contribution in [3.63, 3.8) is 0 Å². The number of carbonyl (C=O) groups is 1. The summed E-state index contributed by atoms with van der Waals surface area (Å²) in [6, 6.07) is 11.0. The summed E-state index contributed by atoms with van der Waals surface area (Å²) in [6.45, 7) is 2.93. The molecule has 0 fully saturated rings. The summed E-state index contributed by atoms with van der Waals surface area (Å²) in [5, 5.41) is 12.5. The lowest BCUT2D eigenvalue weighted by Gasteiger charge is -2.20. The first kappa shape index (κ1) is 22.2. The topological polar surface area (TPSA) is 128 Å². The Balaban J connectivity index is 1.60. The fourth-order valence-corrected chi connectivity index (χ4v) is 3.49. The number of aromatic amines is 1. The van der Waals surface area contributed by atoms with E-state index in [0.29, 0.717) is 35.7 Å². The van der Waals surface area contributed by atoms with Crippen LogP contribution in [-0.4, -0.2) is 49.8 Å². The largest absolute Gasteiger partial charge is 0.497 e. The molecule has 11 heteroatoms. The number of aromatic nitrogens is 5. The van der Waals surface area contributed by atoms with Crippen molar-refractivity contribution in [1.82, 2.24) is 30.1 Å². The SMILES string of the molecule is CCOC(=O)Cn1nnnc1CN(Cc1ccco1)Cc1cc2ccc(OC)cc2[nH]c1=O. The van der Waals surface area contributed by atoms with Gasteiger partial charge in [-0.3, -0.25) is 14.5 Å². The summed E-state index contributed by atoms with van der Waals surface area (Å²) < 4.78 is 17.1. The zero-order chi connectivity index (χ0) is 23.2. The summed E-state index contributed by atoms with van der Waals surface area (Å²) >= 11 is 0. The second-order valence-corrected chi connectivity index (χ2v) is 7.36. The molecule has 11 nitrogen and oxygen atoms in total. The Morgan fingerprint density at radius 3 is 2.85 bits per heavy atom. The van der Waals surface area contributed by atoms with Crippen molar-refractivity contribution < 1.29 is 18.7 Å². The standard InChI is InChI=1S/C22H24N6O5/c1-3-32-21(29)14-28-20(24-25-26-28)13-27(12-18-5-4-8-33-18)11-16-9-15-6-7-17(31-2)10-19(15)23-22(16)30/h4-10H,3,11-14H2,1-2H3,(H,23,30). The van der Waals surface area contributed by atoms with E-state index in [1.165, 1.54) is 4.68 Å². The highest BCUT2D eigenvalue weighted by Crippen LogP contribution is 2.20. The maximum atomic E-state index is 12.8. The summed E-state index contributed by atoms with van der Waals surface area (Å²) in [5.74, 6) is 1.43. The first-order chi connectivity index (χ1) is 16.1. The molecular formula is C22H24N6O5. The van der Waals surface area contributed by atoms with Gasteiger partial charge in [0.05, 0.1) is 38.6 Å². The summed E-state index contributed by atoms with van der Waals surface area (Å²) in [7, 11) is 1.58. The highest BCUT2D eigenvalue weighted by Gasteiger charge is 2.18. The first-order valence-electron chi connectivity index (χ1n) is 10.4. The van der Waals surface area contributed by atoms with Crippen LogP contribution in [0.2, 0.25) is 0 Å². The lowest BCUT2D eigenvalue weighted by molar-refractivity contribution is -0.144. The van der Waals surface area contributed by atoms with Crippen LogP contribution in [-0.2, 0) is 35.7 Å². The molecule has 0 atom stereocenters. The molecule has 0 aliphatic carbocycles. The Morgan fingerprint density at radius 1 is 1.21 bits per heavy atom. The summed E-state index contributed by atoms with van der Waals surface area (Å²) in [4.78, 5) is 29.6. The average Bonchev–Trinajstić information content (AvgIpc) is 3.46. The fraction of sp³-hybridized carbons (Fsp3) is 0.318. The Hall–Kier alpha value is -3.99. The predicted octanol–water partition coefficient (Wildman–Crippen LogP) is 1.88. The Morgan fingerprint density at radius 2 is 2.09 bits per heavy atom. The molecule has 0 unspecified atom stereocenters. The van der Waals surface area contributed by atoms with Crippen molar-refractivity contribution in [1.29, 1.82) is 0 Å². The predicted molar refractivity (Wildman–Crippen MR) is 117 cm³/mol. The minimum absolute atomic E-state index is 0.0941. The van der Waals surface area contributed by atoms with Crippen LogP contribution in [0.1, 0.15) is 24.1 Å². The van der Waals surface area contributed by atoms with Gasteiger partial charge in [0, 0.05) is 18.2 Å². The third-order valence-corrected chi connectivity index (χ3v) is 5.04. The maximum absolute atomic E-state index is 12.8. The first-order valence-corrected chi connectivity index (χ1v) is 10.4. The minimum atomic E-state index is -0.426. The molecular weight excluding hydrogens is 428 g/mol. The average molecular weight is 452 g/mol. The quantitative estimate of drug-likeness (QED) is 0.359. The van der Waals surface area contributed by atoms with E-state index in [4.69, 9.17) is 13.9 Å². The number of ether oxygens (including phenoxy) is 2. The number of methoxy groups -OCH3 is 1. The molecule has 3 aromatic heterocycles. The monoisotopic (exact) mass is 452 g/mol. The van der Waals surface area contributed by atoms with E-state index < -0.39 is 5.97 Å². The van der Waals surface area contributed by atoms with Crippen LogP contribution < -0.4 is 10.3 Å². The highest BCUT2D eigenvalue weighted by atomic mass is 16.5. The number of nitrogens with one attached hydrogen (secondary N) is 1. The van der Waals surface area contributed by atoms with Crippen molar-refractivity contribution in [2.24, 2.45) is 0 Å². The zero-order valence-electron chi connectivity index (χ0n) is 18.4. The summed E-state index contributed by atoms with van der Waals surface area (Å²) in [6.07, 6.45) is 1.59. The number of furan rings is 1. The number of rotatable bonds is 10. The van der Waals surface area contributed by atoms with Gasteiger partial charge in [-0.05, 0) is 53.1 Å². The molecule has 4 aromatic rings. The third kappa shape index (κ3) is 5.44. The van der Waals surface area contributed by atoms with Crippen LogP contribution in [0.5, 0.6) is 5.75 Å². The van der Waals surface area contributed by atoms with Crippen LogP contribution in [0.25, 0.3) is 10.9 Å². The molecule has 1 N–H and O–H groups in total. The highest BCUT2D eigenvalue weighted by molar-refractivity contribution is 5.80. The van der Waals surface area contributed by atoms with Gasteiger partial charge in [-0.15, -0.1) is 5.10 Å². The number of hydrogen-bond donors (Lipinski definition) is 1. The molecule has 0 spiro atoms. The number of esters is 1. The van der Waals surface area contributed by atoms with E-state index in [1.807, 2.05) is 29.2 Å². The van der Waals surface area contributed by atoms with Crippen LogP contribution >= 0.6 is 0 Å². The number of pyridine rings is 1. The molecule has 0 saturated heterocycles. The number of benzene rings is 1. The van der Waals surface area contributed by atoms with Gasteiger partial charge in [0.25, 0.3) is 5.56 Å². The van der Waals surface area contributed by atoms with Gasteiger partial charge < -0.3 is 18.9 Å². The molecule has 0 amide bonds. The molecule has 0 radical (unpaired) electrons. The Bertz CT molecular complexity index is 1280. The molecule has 0 aliphatic heterocycles. The minimum Gasteiger partial charge on any atom is -0.497 e. The molecule has 0 saturated carbocycles. The number of H-pyrrole nitrogens is 1. The molecule has 33 heavy (non-hydrogen) atoms. The number of hydrogen-bond acceptors (Lipinski definition) is 9. The molecule has 1 aromatic carbocycles. The van der Waals surface area contributed by atoms with Crippen molar-refractivity contribution in [2.75, 3.05) is 13.7 Å². The molecule has 4 rings (SSSR count). The van der Waals surface area contributed by atoms with E-state index in [-0.39, 0.29) is 25.3 Å². The summed E-state index contributed by atoms with van der Waals surface area (Å²) in [5.41, 5.74) is 1.06. The number of fused-ring (bicyclic) bond motifs is 1. The lowest BCUT2D eigenvalue weighted by atomic mass is 10.1. The molecule has 3 heterocycles. The van der Waals surface area contributed by atoms with Gasteiger partial charge in [-0.25, -0.2) is 4.68 Å². The van der Waals surface area contributed by atoms with Crippen molar-refractivity contribution in [3.8, 4) is 5.75 Å². The Labute approximate surface area is 188 Å². The second-order valence-electron chi connectivity index (χ2n) is 7.36. The normalized spacial score (nSPS) is 11.2. The zero-order valence-corrected chi connectivity index (χ0v) is 18.4. The van der Waals surface area contributed by atoms with Crippen LogP contribution in [0.15, 0.2) is 51.9 Å². The fourth-order valence-electron chi connectivity index (χ4n) is 3.49. The van der Waals surface area contributed by atoms with Crippen molar-refractivity contribution >= 4 is 16.9 Å². The van der Waals surface area contributed by atoms with Crippen LogP contribution in [0.4, 0.5) is 0 Å². The van der Waals surface area contributed by atoms with Crippen LogP contribution in [0.3, 0.4) is 0 Å². The van der Waals surface area contributed by atoms with E-state index in [2.05, 4.69) is 20.5 Å².